The highest BCUT2D eigenvalue weighted by molar-refractivity contribution is 6.29. The molecule has 2 aromatic heterocycles. The van der Waals surface area contributed by atoms with Gasteiger partial charge in [-0.25, -0.2) is 9.50 Å². The van der Waals surface area contributed by atoms with Crippen molar-refractivity contribution in [1.82, 2.24) is 14.6 Å². The van der Waals surface area contributed by atoms with Gasteiger partial charge in [-0.15, -0.1) is 0 Å². The first-order valence-corrected chi connectivity index (χ1v) is 6.12. The molecule has 0 radical (unpaired) electrons. The highest BCUT2D eigenvalue weighted by Gasteiger charge is 2.30. The number of nitrogens with zero attached hydrogens (tertiary/aromatic N) is 4. The molecule has 8 heteroatoms. The summed E-state index contributed by atoms with van der Waals surface area (Å²) in [7, 11) is 1.68. The number of aromatic nitrogens is 3. The second-order valence-corrected chi connectivity index (χ2v) is 4.65. The molecule has 0 spiro atoms. The maximum Gasteiger partial charge on any atom is 0.211 e. The SMILES string of the molecule is COC1CN(c2c(NC=O)cnn3cc(Cl)nc23)C1. The van der Waals surface area contributed by atoms with Crippen LogP contribution in [0.4, 0.5) is 11.4 Å². The van der Waals surface area contributed by atoms with E-state index in [2.05, 4.69) is 20.3 Å². The summed E-state index contributed by atoms with van der Waals surface area (Å²) in [6.45, 7) is 1.49. The van der Waals surface area contributed by atoms with Crippen LogP contribution in [0.15, 0.2) is 12.4 Å². The number of methoxy groups -OCH3 is 1. The van der Waals surface area contributed by atoms with E-state index in [4.69, 9.17) is 16.3 Å². The van der Waals surface area contributed by atoms with Crippen LogP contribution in [0.5, 0.6) is 0 Å². The monoisotopic (exact) mass is 281 g/mol. The van der Waals surface area contributed by atoms with Crippen molar-refractivity contribution in [2.45, 2.75) is 6.10 Å². The van der Waals surface area contributed by atoms with E-state index in [1.54, 1.807) is 24.0 Å². The summed E-state index contributed by atoms with van der Waals surface area (Å²) < 4.78 is 6.85. The Bertz CT molecular complexity index is 623. The highest BCUT2D eigenvalue weighted by Crippen LogP contribution is 2.33. The van der Waals surface area contributed by atoms with Crippen molar-refractivity contribution in [2.75, 3.05) is 30.4 Å². The van der Waals surface area contributed by atoms with E-state index in [1.807, 2.05) is 0 Å². The van der Waals surface area contributed by atoms with Crippen molar-refractivity contribution in [3.05, 3.63) is 17.5 Å². The Morgan fingerprint density at radius 2 is 2.37 bits per heavy atom. The molecule has 0 aliphatic carbocycles. The highest BCUT2D eigenvalue weighted by atomic mass is 35.5. The zero-order chi connectivity index (χ0) is 13.4. The molecule has 1 saturated heterocycles. The Balaban J connectivity index is 2.07. The third-order valence-corrected chi connectivity index (χ3v) is 3.33. The minimum Gasteiger partial charge on any atom is -0.378 e. The number of carbonyl (C=O) groups excluding carboxylic acids is 1. The van der Waals surface area contributed by atoms with Gasteiger partial charge in [-0.1, -0.05) is 11.6 Å². The van der Waals surface area contributed by atoms with Gasteiger partial charge in [-0.3, -0.25) is 4.79 Å². The van der Waals surface area contributed by atoms with Crippen LogP contribution >= 0.6 is 11.6 Å². The molecule has 7 nitrogen and oxygen atoms in total. The van der Waals surface area contributed by atoms with E-state index >= 15 is 0 Å². The van der Waals surface area contributed by atoms with Gasteiger partial charge in [0.1, 0.15) is 10.8 Å². The largest absolute Gasteiger partial charge is 0.378 e. The molecule has 3 rings (SSSR count). The van der Waals surface area contributed by atoms with Gasteiger partial charge in [0.05, 0.1) is 24.2 Å². The van der Waals surface area contributed by atoms with Gasteiger partial charge in [0.15, 0.2) is 5.65 Å². The molecule has 0 bridgehead atoms. The summed E-state index contributed by atoms with van der Waals surface area (Å²) in [6, 6.07) is 0. The smallest absolute Gasteiger partial charge is 0.211 e. The molecule has 19 heavy (non-hydrogen) atoms. The first-order valence-electron chi connectivity index (χ1n) is 5.74. The van der Waals surface area contributed by atoms with Crippen molar-refractivity contribution < 1.29 is 9.53 Å². The fourth-order valence-electron chi connectivity index (χ4n) is 2.14. The van der Waals surface area contributed by atoms with Crippen LogP contribution in [0.25, 0.3) is 5.65 Å². The van der Waals surface area contributed by atoms with E-state index < -0.39 is 0 Å². The van der Waals surface area contributed by atoms with Gasteiger partial charge in [0.2, 0.25) is 6.41 Å². The number of ether oxygens (including phenoxy) is 1. The van der Waals surface area contributed by atoms with Gasteiger partial charge in [-0.05, 0) is 0 Å². The van der Waals surface area contributed by atoms with E-state index in [9.17, 15) is 4.79 Å². The van der Waals surface area contributed by atoms with Gasteiger partial charge < -0.3 is 15.0 Å². The third kappa shape index (κ3) is 2.00. The van der Waals surface area contributed by atoms with Crippen LogP contribution in [0, 0.1) is 0 Å². The summed E-state index contributed by atoms with van der Waals surface area (Å²) in [5, 5.41) is 7.15. The van der Waals surface area contributed by atoms with Gasteiger partial charge in [0.25, 0.3) is 0 Å². The van der Waals surface area contributed by atoms with E-state index in [0.717, 1.165) is 18.8 Å². The molecule has 0 aromatic carbocycles. The lowest BCUT2D eigenvalue weighted by Gasteiger charge is -2.40. The number of rotatable bonds is 4. The molecule has 100 valence electrons. The lowest BCUT2D eigenvalue weighted by Crippen LogP contribution is -2.52. The molecule has 3 heterocycles. The van der Waals surface area contributed by atoms with Gasteiger partial charge >= 0.3 is 0 Å². The van der Waals surface area contributed by atoms with Crippen LogP contribution in [-0.2, 0) is 9.53 Å². The molecule has 2 aromatic rings. The van der Waals surface area contributed by atoms with Gasteiger partial charge in [-0.2, -0.15) is 5.10 Å². The molecule has 1 fully saturated rings. The lowest BCUT2D eigenvalue weighted by molar-refractivity contribution is -0.105. The van der Waals surface area contributed by atoms with Crippen LogP contribution in [-0.4, -0.2) is 47.3 Å². The zero-order valence-electron chi connectivity index (χ0n) is 10.2. The van der Waals surface area contributed by atoms with Crippen LogP contribution < -0.4 is 10.2 Å². The molecule has 1 aliphatic rings. The number of halogens is 1. The Labute approximate surface area is 114 Å². The number of nitrogens with one attached hydrogen (secondary N) is 1. The maximum absolute atomic E-state index is 10.7. The quantitative estimate of drug-likeness (QED) is 0.839. The van der Waals surface area contributed by atoms with Crippen LogP contribution in [0.1, 0.15) is 0 Å². The van der Waals surface area contributed by atoms with Crippen molar-refractivity contribution in [1.29, 1.82) is 0 Å². The maximum atomic E-state index is 10.7. The molecule has 0 atom stereocenters. The second-order valence-electron chi connectivity index (χ2n) is 4.26. The summed E-state index contributed by atoms with van der Waals surface area (Å²) in [5.74, 6) is 0. The average Bonchev–Trinajstić information content (AvgIpc) is 2.71. The number of carbonyl (C=O) groups is 1. The summed E-state index contributed by atoms with van der Waals surface area (Å²) in [4.78, 5) is 17.0. The fourth-order valence-corrected chi connectivity index (χ4v) is 2.32. The Morgan fingerprint density at radius 1 is 1.58 bits per heavy atom. The molecule has 0 saturated carbocycles. The Hall–Kier alpha value is -1.86. The van der Waals surface area contributed by atoms with Crippen molar-refractivity contribution >= 4 is 35.0 Å². The average molecular weight is 282 g/mol. The summed E-state index contributed by atoms with van der Waals surface area (Å²) >= 11 is 5.90. The number of anilines is 2. The number of hydrogen-bond donors (Lipinski definition) is 1. The van der Waals surface area contributed by atoms with Crippen LogP contribution in [0.2, 0.25) is 5.15 Å². The Kier molecular flexibility index (Phi) is 3.00. The number of hydrogen-bond acceptors (Lipinski definition) is 5. The fraction of sp³-hybridized carbons (Fsp3) is 0.364. The molecule has 1 N–H and O–H groups in total. The molecular formula is C11H12ClN5O2. The third-order valence-electron chi connectivity index (χ3n) is 3.15. The standard InChI is InChI=1S/C11H12ClN5O2/c1-19-7-3-16(4-7)10-8(13-6-18)2-14-17-5-9(12)15-11(10)17/h2,5-7H,3-4H2,1H3,(H,13,18). The minimum atomic E-state index is 0.197. The van der Waals surface area contributed by atoms with Crippen molar-refractivity contribution in [2.24, 2.45) is 0 Å². The van der Waals surface area contributed by atoms with Crippen molar-refractivity contribution in [3.8, 4) is 0 Å². The Morgan fingerprint density at radius 3 is 3.05 bits per heavy atom. The molecular weight excluding hydrogens is 270 g/mol. The zero-order valence-corrected chi connectivity index (χ0v) is 11.0. The topological polar surface area (TPSA) is 71.8 Å². The van der Waals surface area contributed by atoms with Gasteiger partial charge in [0, 0.05) is 20.2 Å². The first-order chi connectivity index (χ1) is 9.22. The van der Waals surface area contributed by atoms with Crippen molar-refractivity contribution in [3.63, 3.8) is 0 Å². The molecule has 0 unspecified atom stereocenters. The minimum absolute atomic E-state index is 0.197. The molecule has 1 amide bonds. The summed E-state index contributed by atoms with van der Waals surface area (Å²) in [6.07, 6.45) is 4.02. The second kappa shape index (κ2) is 4.67. The number of amides is 1. The first kappa shape index (κ1) is 12.2. The summed E-state index contributed by atoms with van der Waals surface area (Å²) in [5.41, 5.74) is 2.04. The molecule has 1 aliphatic heterocycles. The number of imidazole rings is 1. The van der Waals surface area contributed by atoms with E-state index in [0.29, 0.717) is 22.9 Å². The predicted octanol–water partition coefficient (Wildman–Crippen LogP) is 0.786. The predicted molar refractivity (Wildman–Crippen MR) is 70.7 cm³/mol. The number of fused-ring (bicyclic) bond motifs is 1. The van der Waals surface area contributed by atoms with E-state index in [1.165, 1.54) is 0 Å². The lowest BCUT2D eigenvalue weighted by atomic mass is 10.1. The van der Waals surface area contributed by atoms with Crippen LogP contribution in [0.3, 0.4) is 0 Å². The van der Waals surface area contributed by atoms with E-state index in [-0.39, 0.29) is 6.10 Å². The normalized spacial score (nSPS) is 15.6.